The van der Waals surface area contributed by atoms with Gasteiger partial charge >= 0.3 is 11.9 Å². The Morgan fingerprint density at radius 1 is 1.38 bits per heavy atom. The molecule has 1 unspecified atom stereocenters. The first kappa shape index (κ1) is 12.9. The Hall–Kier alpha value is -1.14. The van der Waals surface area contributed by atoms with Gasteiger partial charge in [-0.1, -0.05) is 0 Å². The molecule has 1 fully saturated rings. The molecule has 2 N–H and O–H groups in total. The predicted octanol–water partition coefficient (Wildman–Crippen LogP) is 0.0251. The van der Waals surface area contributed by atoms with Crippen molar-refractivity contribution in [2.75, 3.05) is 20.3 Å². The topological polar surface area (TPSA) is 87.1 Å². The molecule has 0 aromatic rings. The average molecular weight is 231 g/mol. The number of likely N-dealkylation sites (N-methyl/N-ethyl adjacent to an activating group) is 1. The number of hydrogen-bond acceptors (Lipinski definition) is 4. The second-order valence-corrected chi connectivity index (χ2v) is 3.96. The Morgan fingerprint density at radius 3 is 2.38 bits per heavy atom. The SMILES string of the molecule is CN(C1CCOCC1)C(CC(=O)O)C(=O)O. The summed E-state index contributed by atoms with van der Waals surface area (Å²) in [6, 6.07) is -0.866. The van der Waals surface area contributed by atoms with Gasteiger partial charge in [0.25, 0.3) is 0 Å². The minimum Gasteiger partial charge on any atom is -0.481 e. The van der Waals surface area contributed by atoms with Gasteiger partial charge in [-0.05, 0) is 19.9 Å². The third-order valence-electron chi connectivity index (χ3n) is 2.91. The summed E-state index contributed by atoms with van der Waals surface area (Å²) in [4.78, 5) is 23.2. The van der Waals surface area contributed by atoms with Crippen LogP contribution in [-0.2, 0) is 14.3 Å². The second-order valence-electron chi connectivity index (χ2n) is 3.96. The van der Waals surface area contributed by atoms with Crippen LogP contribution in [0.2, 0.25) is 0 Å². The van der Waals surface area contributed by atoms with Gasteiger partial charge in [0.1, 0.15) is 6.04 Å². The van der Waals surface area contributed by atoms with Crippen LogP contribution < -0.4 is 0 Å². The Bertz CT molecular complexity index is 262. The van der Waals surface area contributed by atoms with Gasteiger partial charge in [-0.25, -0.2) is 0 Å². The fourth-order valence-electron chi connectivity index (χ4n) is 1.92. The molecule has 1 saturated heterocycles. The van der Waals surface area contributed by atoms with E-state index >= 15 is 0 Å². The highest BCUT2D eigenvalue weighted by atomic mass is 16.5. The molecule has 16 heavy (non-hydrogen) atoms. The van der Waals surface area contributed by atoms with E-state index < -0.39 is 18.0 Å². The van der Waals surface area contributed by atoms with E-state index in [1.54, 1.807) is 11.9 Å². The van der Waals surface area contributed by atoms with E-state index in [1.807, 2.05) is 0 Å². The highest BCUT2D eigenvalue weighted by Crippen LogP contribution is 2.17. The lowest BCUT2D eigenvalue weighted by Crippen LogP contribution is -2.47. The minimum atomic E-state index is -1.09. The molecule has 6 heteroatoms. The van der Waals surface area contributed by atoms with Gasteiger partial charge in [-0.3, -0.25) is 14.5 Å². The van der Waals surface area contributed by atoms with Crippen LogP contribution in [0.25, 0.3) is 0 Å². The number of rotatable bonds is 5. The number of aliphatic carboxylic acids is 2. The number of carbonyl (C=O) groups is 2. The van der Waals surface area contributed by atoms with E-state index in [4.69, 9.17) is 14.9 Å². The maximum Gasteiger partial charge on any atom is 0.321 e. The van der Waals surface area contributed by atoms with Gasteiger partial charge in [-0.2, -0.15) is 0 Å². The van der Waals surface area contributed by atoms with Crippen molar-refractivity contribution < 1.29 is 24.5 Å². The Morgan fingerprint density at radius 2 is 1.94 bits per heavy atom. The summed E-state index contributed by atoms with van der Waals surface area (Å²) < 4.78 is 5.18. The largest absolute Gasteiger partial charge is 0.481 e. The number of ether oxygens (including phenoxy) is 1. The van der Waals surface area contributed by atoms with Crippen LogP contribution in [-0.4, -0.2) is 59.4 Å². The lowest BCUT2D eigenvalue weighted by Gasteiger charge is -2.34. The van der Waals surface area contributed by atoms with Crippen molar-refractivity contribution >= 4 is 11.9 Å². The van der Waals surface area contributed by atoms with Crippen LogP contribution in [0.3, 0.4) is 0 Å². The van der Waals surface area contributed by atoms with Gasteiger partial charge in [0, 0.05) is 19.3 Å². The van der Waals surface area contributed by atoms with Gasteiger partial charge in [0.15, 0.2) is 0 Å². The van der Waals surface area contributed by atoms with E-state index in [1.165, 1.54) is 0 Å². The van der Waals surface area contributed by atoms with Gasteiger partial charge < -0.3 is 14.9 Å². The molecule has 0 aliphatic carbocycles. The number of carboxylic acids is 2. The van der Waals surface area contributed by atoms with Crippen LogP contribution in [0.1, 0.15) is 19.3 Å². The molecule has 0 radical (unpaired) electrons. The fourth-order valence-corrected chi connectivity index (χ4v) is 1.92. The highest BCUT2D eigenvalue weighted by molar-refractivity contribution is 5.80. The lowest BCUT2D eigenvalue weighted by atomic mass is 10.0. The Balaban J connectivity index is 2.61. The smallest absolute Gasteiger partial charge is 0.321 e. The van der Waals surface area contributed by atoms with Crippen LogP contribution in [0.4, 0.5) is 0 Å². The Labute approximate surface area is 93.8 Å². The molecule has 92 valence electrons. The molecule has 1 aliphatic rings. The summed E-state index contributed by atoms with van der Waals surface area (Å²) in [7, 11) is 1.66. The molecule has 0 amide bonds. The molecule has 0 aromatic carbocycles. The Kier molecular flexibility index (Phi) is 4.70. The summed E-state index contributed by atoms with van der Waals surface area (Å²) in [5.74, 6) is -2.18. The monoisotopic (exact) mass is 231 g/mol. The molecular weight excluding hydrogens is 214 g/mol. The summed E-state index contributed by atoms with van der Waals surface area (Å²) in [6.45, 7) is 1.21. The maximum atomic E-state index is 11.0. The summed E-state index contributed by atoms with van der Waals surface area (Å²) in [6.07, 6.45) is 1.13. The number of hydrogen-bond donors (Lipinski definition) is 2. The third kappa shape index (κ3) is 3.46. The standard InChI is InChI=1S/C10H17NO5/c1-11(7-2-4-16-5-3-7)8(10(14)15)6-9(12)13/h7-8H,2-6H2,1H3,(H,12,13)(H,14,15). The van der Waals surface area contributed by atoms with Gasteiger partial charge in [-0.15, -0.1) is 0 Å². The van der Waals surface area contributed by atoms with Gasteiger partial charge in [0.05, 0.1) is 6.42 Å². The number of nitrogens with zero attached hydrogens (tertiary/aromatic N) is 1. The van der Waals surface area contributed by atoms with E-state index in [9.17, 15) is 9.59 Å². The van der Waals surface area contributed by atoms with Crippen LogP contribution in [0.15, 0.2) is 0 Å². The van der Waals surface area contributed by atoms with Crippen molar-refractivity contribution in [2.45, 2.75) is 31.3 Å². The van der Waals surface area contributed by atoms with E-state index in [0.717, 1.165) is 12.8 Å². The average Bonchev–Trinajstić information content (AvgIpc) is 2.25. The third-order valence-corrected chi connectivity index (χ3v) is 2.91. The summed E-state index contributed by atoms with van der Waals surface area (Å²) >= 11 is 0. The molecular formula is C10H17NO5. The molecule has 1 heterocycles. The predicted molar refractivity (Wildman–Crippen MR) is 55.3 cm³/mol. The maximum absolute atomic E-state index is 11.0. The summed E-state index contributed by atoms with van der Waals surface area (Å²) in [5.41, 5.74) is 0. The second kappa shape index (κ2) is 5.81. The van der Waals surface area contributed by atoms with Crippen LogP contribution >= 0.6 is 0 Å². The van der Waals surface area contributed by atoms with Crippen LogP contribution in [0.5, 0.6) is 0 Å². The lowest BCUT2D eigenvalue weighted by molar-refractivity contribution is -0.150. The van der Waals surface area contributed by atoms with Crippen molar-refractivity contribution in [2.24, 2.45) is 0 Å². The molecule has 1 aliphatic heterocycles. The van der Waals surface area contributed by atoms with Crippen LogP contribution in [0, 0.1) is 0 Å². The minimum absolute atomic E-state index is 0.0919. The number of carboxylic acid groups (broad SMARTS) is 2. The first-order valence-electron chi connectivity index (χ1n) is 5.26. The quantitative estimate of drug-likeness (QED) is 0.694. The molecule has 0 saturated carbocycles. The molecule has 0 bridgehead atoms. The fraction of sp³-hybridized carbons (Fsp3) is 0.800. The van der Waals surface area contributed by atoms with Crippen molar-refractivity contribution in [3.8, 4) is 0 Å². The normalized spacial score (nSPS) is 19.6. The first-order chi connectivity index (χ1) is 7.52. The molecule has 0 spiro atoms. The molecule has 6 nitrogen and oxygen atoms in total. The highest BCUT2D eigenvalue weighted by Gasteiger charge is 2.31. The van der Waals surface area contributed by atoms with Crippen molar-refractivity contribution in [1.82, 2.24) is 4.90 Å². The van der Waals surface area contributed by atoms with E-state index in [2.05, 4.69) is 0 Å². The zero-order valence-electron chi connectivity index (χ0n) is 9.26. The molecule has 1 atom stereocenters. The first-order valence-corrected chi connectivity index (χ1v) is 5.26. The van der Waals surface area contributed by atoms with Crippen molar-refractivity contribution in [1.29, 1.82) is 0 Å². The van der Waals surface area contributed by atoms with Gasteiger partial charge in [0.2, 0.25) is 0 Å². The van der Waals surface area contributed by atoms with E-state index in [0.29, 0.717) is 13.2 Å². The molecule has 1 rings (SSSR count). The van der Waals surface area contributed by atoms with E-state index in [-0.39, 0.29) is 12.5 Å². The molecule has 0 aromatic heterocycles. The summed E-state index contributed by atoms with van der Waals surface area (Å²) in [5, 5.41) is 17.7. The zero-order valence-corrected chi connectivity index (χ0v) is 9.26. The van der Waals surface area contributed by atoms with Crippen molar-refractivity contribution in [3.63, 3.8) is 0 Å². The van der Waals surface area contributed by atoms with Crippen molar-refractivity contribution in [3.05, 3.63) is 0 Å². The zero-order chi connectivity index (χ0) is 12.1.